The van der Waals surface area contributed by atoms with Gasteiger partial charge in [-0.25, -0.2) is 0 Å². The molecule has 0 aromatic heterocycles. The average Bonchev–Trinajstić information content (AvgIpc) is 2.54. The van der Waals surface area contributed by atoms with Crippen molar-refractivity contribution in [2.24, 2.45) is 5.73 Å². The number of benzene rings is 2. The highest BCUT2D eigenvalue weighted by Gasteiger charge is 2.26. The van der Waals surface area contributed by atoms with Crippen molar-refractivity contribution in [3.05, 3.63) is 71.8 Å². The van der Waals surface area contributed by atoms with Crippen LogP contribution in [0, 0.1) is 5.41 Å². The molecule has 4 N–H and O–H groups in total. The lowest BCUT2D eigenvalue weighted by Crippen LogP contribution is -2.26. The topological polar surface area (TPSA) is 121 Å². The third-order valence-electron chi connectivity index (χ3n) is 3.11. The maximum absolute atomic E-state index is 11.5. The Morgan fingerprint density at radius 3 is 1.96 bits per heavy atom. The van der Waals surface area contributed by atoms with E-state index < -0.39 is 21.2 Å². The minimum absolute atomic E-state index is 0.214. The standard InChI is InChI=1S/C9H10O4S.C8H10N2/c1-7(14(11,12)13)9(10)8-5-3-2-4-6-8;9-8(10)6-7-4-2-1-3-5-7/h2-7H,1H3,(H,11,12,13);1-5H,6H2,(H3,9,10). The Morgan fingerprint density at radius 2 is 1.54 bits per heavy atom. The summed E-state index contributed by atoms with van der Waals surface area (Å²) < 4.78 is 30.0. The van der Waals surface area contributed by atoms with Crippen molar-refractivity contribution in [2.75, 3.05) is 0 Å². The van der Waals surface area contributed by atoms with Gasteiger partial charge in [0.2, 0.25) is 0 Å². The van der Waals surface area contributed by atoms with Gasteiger partial charge < -0.3 is 5.73 Å². The highest BCUT2D eigenvalue weighted by molar-refractivity contribution is 7.87. The number of nitrogens with two attached hydrogens (primary N) is 1. The molecule has 2 aromatic carbocycles. The van der Waals surface area contributed by atoms with Crippen LogP contribution in [0.15, 0.2) is 60.7 Å². The summed E-state index contributed by atoms with van der Waals surface area (Å²) in [7, 11) is -4.30. The molecule has 0 amide bonds. The number of hydrogen-bond acceptors (Lipinski definition) is 4. The minimum atomic E-state index is -4.30. The molecular weight excluding hydrogens is 328 g/mol. The molecule has 2 aromatic rings. The lowest BCUT2D eigenvalue weighted by Gasteiger charge is -2.06. The van der Waals surface area contributed by atoms with E-state index in [2.05, 4.69) is 0 Å². The number of carbonyl (C=O) groups excluding carboxylic acids is 1. The van der Waals surface area contributed by atoms with Crippen molar-refractivity contribution in [3.63, 3.8) is 0 Å². The van der Waals surface area contributed by atoms with Gasteiger partial charge in [-0.1, -0.05) is 60.7 Å². The molecular formula is C17H20N2O4S. The number of Topliss-reactive ketones (excluding diaryl/α,β-unsaturated/α-hetero) is 1. The number of hydrogen-bond donors (Lipinski definition) is 3. The van der Waals surface area contributed by atoms with Gasteiger partial charge in [0.25, 0.3) is 10.1 Å². The molecule has 0 radical (unpaired) electrons. The molecule has 0 spiro atoms. The van der Waals surface area contributed by atoms with E-state index >= 15 is 0 Å². The monoisotopic (exact) mass is 348 g/mol. The van der Waals surface area contributed by atoms with Crippen LogP contribution in [0.2, 0.25) is 0 Å². The van der Waals surface area contributed by atoms with Crippen molar-refractivity contribution in [3.8, 4) is 0 Å². The normalized spacial score (nSPS) is 11.8. The molecule has 0 heterocycles. The number of rotatable bonds is 5. The Labute approximate surface area is 141 Å². The molecule has 0 aliphatic rings. The summed E-state index contributed by atoms with van der Waals surface area (Å²) in [4.78, 5) is 11.5. The summed E-state index contributed by atoms with van der Waals surface area (Å²) >= 11 is 0. The van der Waals surface area contributed by atoms with Crippen LogP contribution in [0.1, 0.15) is 22.8 Å². The van der Waals surface area contributed by atoms with Gasteiger partial charge in [0.15, 0.2) is 5.78 Å². The van der Waals surface area contributed by atoms with E-state index in [-0.39, 0.29) is 11.4 Å². The maximum atomic E-state index is 11.5. The fourth-order valence-electron chi connectivity index (χ4n) is 1.79. The average molecular weight is 348 g/mol. The molecule has 128 valence electrons. The molecule has 0 saturated carbocycles. The SMILES string of the molecule is CC(C(=O)c1ccccc1)S(=O)(=O)O.N=C(N)Cc1ccccc1. The number of nitrogens with one attached hydrogen (secondary N) is 1. The van der Waals surface area contributed by atoms with Gasteiger partial charge in [0.1, 0.15) is 5.25 Å². The first-order chi connectivity index (χ1) is 11.2. The number of carbonyl (C=O) groups is 1. The smallest absolute Gasteiger partial charge is 0.275 e. The second-order valence-corrected chi connectivity index (χ2v) is 6.81. The van der Waals surface area contributed by atoms with E-state index in [9.17, 15) is 13.2 Å². The Balaban J connectivity index is 0.000000254. The lowest BCUT2D eigenvalue weighted by atomic mass is 10.1. The zero-order valence-corrected chi connectivity index (χ0v) is 14.0. The summed E-state index contributed by atoms with van der Waals surface area (Å²) in [5.41, 5.74) is 6.58. The molecule has 0 aliphatic carbocycles. The fourth-order valence-corrected chi connectivity index (χ4v) is 2.19. The molecule has 1 unspecified atom stereocenters. The van der Waals surface area contributed by atoms with Crippen molar-refractivity contribution >= 4 is 21.7 Å². The summed E-state index contributed by atoms with van der Waals surface area (Å²) in [5.74, 6) is -0.390. The van der Waals surface area contributed by atoms with Gasteiger partial charge in [-0.3, -0.25) is 14.8 Å². The van der Waals surface area contributed by atoms with Crippen molar-refractivity contribution < 1.29 is 17.8 Å². The summed E-state index contributed by atoms with van der Waals surface area (Å²) in [5, 5.41) is 5.60. The third kappa shape index (κ3) is 6.72. The molecule has 7 heteroatoms. The van der Waals surface area contributed by atoms with Crippen LogP contribution in [0.4, 0.5) is 0 Å². The molecule has 1 atom stereocenters. The molecule has 24 heavy (non-hydrogen) atoms. The predicted octanol–water partition coefficient (Wildman–Crippen LogP) is 2.31. The maximum Gasteiger partial charge on any atom is 0.275 e. The zero-order chi connectivity index (χ0) is 18.2. The highest BCUT2D eigenvalue weighted by atomic mass is 32.2. The van der Waals surface area contributed by atoms with E-state index in [4.69, 9.17) is 15.7 Å². The van der Waals surface area contributed by atoms with E-state index in [0.29, 0.717) is 6.42 Å². The molecule has 0 aliphatic heterocycles. The highest BCUT2D eigenvalue weighted by Crippen LogP contribution is 2.08. The first-order valence-electron chi connectivity index (χ1n) is 7.14. The lowest BCUT2D eigenvalue weighted by molar-refractivity contribution is 0.0989. The van der Waals surface area contributed by atoms with Gasteiger partial charge in [-0.2, -0.15) is 8.42 Å². The summed E-state index contributed by atoms with van der Waals surface area (Å²) in [6.45, 7) is 1.16. The van der Waals surface area contributed by atoms with Gasteiger partial charge in [-0.15, -0.1) is 0 Å². The van der Waals surface area contributed by atoms with Crippen LogP contribution >= 0.6 is 0 Å². The molecule has 6 nitrogen and oxygen atoms in total. The zero-order valence-electron chi connectivity index (χ0n) is 13.2. The molecule has 0 saturated heterocycles. The first-order valence-corrected chi connectivity index (χ1v) is 8.64. The second-order valence-electron chi connectivity index (χ2n) is 5.08. The number of ketones is 1. The van der Waals surface area contributed by atoms with Gasteiger partial charge in [0.05, 0.1) is 5.84 Å². The molecule has 0 fully saturated rings. The Morgan fingerprint density at radius 1 is 1.08 bits per heavy atom. The van der Waals surface area contributed by atoms with Crippen molar-refractivity contribution in [2.45, 2.75) is 18.6 Å². The Bertz CT molecular complexity index is 775. The van der Waals surface area contributed by atoms with Crippen LogP contribution in [0.3, 0.4) is 0 Å². The molecule has 2 rings (SSSR count). The van der Waals surface area contributed by atoms with Crippen LogP contribution < -0.4 is 5.73 Å². The van der Waals surface area contributed by atoms with E-state index in [0.717, 1.165) is 12.5 Å². The fraction of sp³-hybridized carbons (Fsp3) is 0.176. The van der Waals surface area contributed by atoms with Gasteiger partial charge >= 0.3 is 0 Å². The quantitative estimate of drug-likeness (QED) is 0.331. The second kappa shape index (κ2) is 8.95. The third-order valence-corrected chi connectivity index (χ3v) is 4.22. The summed E-state index contributed by atoms with van der Waals surface area (Å²) in [6, 6.07) is 17.7. The first kappa shape index (κ1) is 19.5. The van der Waals surface area contributed by atoms with Gasteiger partial charge in [-0.05, 0) is 12.5 Å². The minimum Gasteiger partial charge on any atom is -0.387 e. The predicted molar refractivity (Wildman–Crippen MR) is 93.8 cm³/mol. The van der Waals surface area contributed by atoms with Crippen molar-refractivity contribution in [1.82, 2.24) is 0 Å². The van der Waals surface area contributed by atoms with Crippen LogP contribution in [-0.4, -0.2) is 29.8 Å². The van der Waals surface area contributed by atoms with E-state index in [1.807, 2.05) is 30.3 Å². The van der Waals surface area contributed by atoms with Crippen LogP contribution in [-0.2, 0) is 16.5 Å². The van der Waals surface area contributed by atoms with Crippen molar-refractivity contribution in [1.29, 1.82) is 5.41 Å². The van der Waals surface area contributed by atoms with Gasteiger partial charge in [0, 0.05) is 12.0 Å². The van der Waals surface area contributed by atoms with E-state index in [1.165, 1.54) is 12.1 Å². The Hall–Kier alpha value is -2.51. The van der Waals surface area contributed by atoms with Crippen LogP contribution in [0.5, 0.6) is 0 Å². The largest absolute Gasteiger partial charge is 0.387 e. The number of amidine groups is 1. The van der Waals surface area contributed by atoms with Crippen LogP contribution in [0.25, 0.3) is 0 Å². The summed E-state index contributed by atoms with van der Waals surface area (Å²) in [6.07, 6.45) is 0.556. The van der Waals surface area contributed by atoms with E-state index in [1.54, 1.807) is 18.2 Å². The molecule has 0 bridgehead atoms. The Kier molecular flexibility index (Phi) is 7.29.